The standard InChI is InChI=1S/C15H25BN2O3/c1-6-7-18-10-12(9-17-18)8-13(11-19)16-20-14(2,3)15(4,5)21-16/h8-10,19H,6-7,11H2,1-5H3. The average molecular weight is 292 g/mol. The van der Waals surface area contributed by atoms with Crippen LogP contribution in [0.2, 0.25) is 0 Å². The molecular weight excluding hydrogens is 267 g/mol. The molecule has 21 heavy (non-hydrogen) atoms. The van der Waals surface area contributed by atoms with E-state index in [0.29, 0.717) is 5.47 Å². The molecule has 0 spiro atoms. The molecule has 0 saturated carbocycles. The molecule has 5 nitrogen and oxygen atoms in total. The van der Waals surface area contributed by atoms with Crippen molar-refractivity contribution in [1.29, 1.82) is 0 Å². The van der Waals surface area contributed by atoms with Crippen molar-refractivity contribution in [2.24, 2.45) is 0 Å². The Morgan fingerprint density at radius 2 is 1.95 bits per heavy atom. The van der Waals surface area contributed by atoms with E-state index in [4.69, 9.17) is 9.31 Å². The van der Waals surface area contributed by atoms with Gasteiger partial charge in [0, 0.05) is 18.3 Å². The van der Waals surface area contributed by atoms with E-state index in [1.54, 1.807) is 6.20 Å². The Morgan fingerprint density at radius 1 is 1.33 bits per heavy atom. The summed E-state index contributed by atoms with van der Waals surface area (Å²) in [5.74, 6) is 0. The van der Waals surface area contributed by atoms with E-state index in [9.17, 15) is 5.11 Å². The van der Waals surface area contributed by atoms with Gasteiger partial charge in [-0.15, -0.1) is 0 Å². The molecule has 0 radical (unpaired) electrons. The Morgan fingerprint density at radius 3 is 2.48 bits per heavy atom. The van der Waals surface area contributed by atoms with E-state index < -0.39 is 18.3 Å². The van der Waals surface area contributed by atoms with Crippen molar-refractivity contribution in [2.45, 2.75) is 58.8 Å². The molecule has 1 aromatic heterocycles. The first-order chi connectivity index (χ1) is 9.79. The smallest absolute Gasteiger partial charge is 0.400 e. The lowest BCUT2D eigenvalue weighted by molar-refractivity contribution is 0.00578. The molecule has 0 amide bonds. The predicted molar refractivity (Wildman–Crippen MR) is 83.7 cm³/mol. The monoisotopic (exact) mass is 292 g/mol. The number of nitrogens with zero attached hydrogens (tertiary/aromatic N) is 2. The van der Waals surface area contributed by atoms with Crippen molar-refractivity contribution in [3.63, 3.8) is 0 Å². The largest absolute Gasteiger partial charge is 0.492 e. The van der Waals surface area contributed by atoms with Crippen molar-refractivity contribution in [2.75, 3.05) is 6.61 Å². The number of hydrogen-bond donors (Lipinski definition) is 1. The minimum atomic E-state index is -0.519. The minimum absolute atomic E-state index is 0.101. The zero-order valence-corrected chi connectivity index (χ0v) is 13.6. The van der Waals surface area contributed by atoms with Crippen LogP contribution in [0.3, 0.4) is 0 Å². The van der Waals surface area contributed by atoms with Crippen LogP contribution in [0.1, 0.15) is 46.6 Å². The maximum Gasteiger partial charge on any atom is 0.492 e. The summed E-state index contributed by atoms with van der Waals surface area (Å²) in [4.78, 5) is 0. The SMILES string of the molecule is CCCn1cc(C=C(CO)B2OC(C)(C)C(C)(C)O2)cn1. The van der Waals surface area contributed by atoms with Gasteiger partial charge in [-0.2, -0.15) is 5.10 Å². The van der Waals surface area contributed by atoms with E-state index in [1.165, 1.54) is 0 Å². The number of hydrogen-bond acceptors (Lipinski definition) is 4. The number of aromatic nitrogens is 2. The van der Waals surface area contributed by atoms with Crippen molar-refractivity contribution < 1.29 is 14.4 Å². The second kappa shape index (κ2) is 5.95. The third-order valence-electron chi connectivity index (χ3n) is 4.20. The van der Waals surface area contributed by atoms with Crippen molar-refractivity contribution in [3.05, 3.63) is 23.4 Å². The Hall–Kier alpha value is -1.11. The third-order valence-corrected chi connectivity index (χ3v) is 4.20. The first-order valence-electron chi connectivity index (χ1n) is 7.48. The lowest BCUT2D eigenvalue weighted by atomic mass is 9.78. The Kier molecular flexibility index (Phi) is 4.61. The zero-order chi connectivity index (χ0) is 15.7. The van der Waals surface area contributed by atoms with E-state index in [2.05, 4.69) is 12.0 Å². The molecule has 2 heterocycles. The molecular formula is C15H25BN2O3. The normalized spacial score (nSPS) is 21.0. The molecule has 0 unspecified atom stereocenters. The molecule has 2 rings (SSSR count). The fraction of sp³-hybridized carbons (Fsp3) is 0.667. The molecule has 1 aromatic rings. The summed E-state index contributed by atoms with van der Waals surface area (Å²) in [5.41, 5.74) is 0.850. The first-order valence-corrected chi connectivity index (χ1v) is 7.48. The predicted octanol–water partition coefficient (Wildman–Crippen LogP) is 2.30. The van der Waals surface area contributed by atoms with Crippen LogP contribution >= 0.6 is 0 Å². The van der Waals surface area contributed by atoms with Gasteiger partial charge in [-0.05, 0) is 39.6 Å². The van der Waals surface area contributed by atoms with Crippen LogP contribution in [-0.2, 0) is 15.9 Å². The highest BCUT2D eigenvalue weighted by atomic mass is 16.7. The molecule has 116 valence electrons. The highest BCUT2D eigenvalue weighted by Crippen LogP contribution is 2.38. The quantitative estimate of drug-likeness (QED) is 0.846. The van der Waals surface area contributed by atoms with Gasteiger partial charge in [0.25, 0.3) is 0 Å². The number of aliphatic hydroxyl groups excluding tert-OH is 1. The van der Waals surface area contributed by atoms with Crippen LogP contribution in [0.25, 0.3) is 6.08 Å². The Labute approximate surface area is 127 Å². The van der Waals surface area contributed by atoms with Gasteiger partial charge in [-0.1, -0.05) is 13.0 Å². The van der Waals surface area contributed by atoms with Crippen LogP contribution < -0.4 is 0 Å². The third kappa shape index (κ3) is 3.39. The van der Waals surface area contributed by atoms with Crippen LogP contribution in [0.5, 0.6) is 0 Å². The van der Waals surface area contributed by atoms with E-state index in [-0.39, 0.29) is 6.61 Å². The second-order valence-electron chi connectivity index (χ2n) is 6.50. The highest BCUT2D eigenvalue weighted by Gasteiger charge is 2.52. The summed E-state index contributed by atoms with van der Waals surface area (Å²) >= 11 is 0. The van der Waals surface area contributed by atoms with Gasteiger partial charge in [0.15, 0.2) is 0 Å². The maximum absolute atomic E-state index is 9.64. The van der Waals surface area contributed by atoms with Crippen molar-refractivity contribution >= 4 is 13.2 Å². The molecule has 1 fully saturated rings. The van der Waals surface area contributed by atoms with E-state index in [0.717, 1.165) is 18.5 Å². The first kappa shape index (κ1) is 16.3. The maximum atomic E-state index is 9.64. The Bertz CT molecular complexity index is 507. The molecule has 1 aliphatic rings. The van der Waals surface area contributed by atoms with Crippen molar-refractivity contribution in [1.82, 2.24) is 9.78 Å². The summed E-state index contributed by atoms with van der Waals surface area (Å²) in [7, 11) is -0.519. The van der Waals surface area contributed by atoms with E-state index in [1.807, 2.05) is 44.6 Å². The van der Waals surface area contributed by atoms with Gasteiger partial charge < -0.3 is 14.4 Å². The summed E-state index contributed by atoms with van der Waals surface area (Å²) in [6, 6.07) is 0. The summed E-state index contributed by atoms with van der Waals surface area (Å²) < 4.78 is 13.8. The van der Waals surface area contributed by atoms with Crippen molar-refractivity contribution in [3.8, 4) is 0 Å². The minimum Gasteiger partial charge on any atom is -0.400 e. The summed E-state index contributed by atoms with van der Waals surface area (Å²) in [5, 5.41) is 13.9. The molecule has 1 N–H and O–H groups in total. The molecule has 0 aromatic carbocycles. The second-order valence-corrected chi connectivity index (χ2v) is 6.50. The topological polar surface area (TPSA) is 56.5 Å². The summed E-state index contributed by atoms with van der Waals surface area (Å²) in [6.07, 6.45) is 6.68. The molecule has 0 bridgehead atoms. The van der Waals surface area contributed by atoms with Crippen LogP contribution in [0, 0.1) is 0 Å². The van der Waals surface area contributed by atoms with Gasteiger partial charge in [0.1, 0.15) is 0 Å². The average Bonchev–Trinajstić information content (AvgIpc) is 2.90. The Balaban J connectivity index is 2.18. The molecule has 6 heteroatoms. The van der Waals surface area contributed by atoms with Gasteiger partial charge in [0.2, 0.25) is 0 Å². The van der Waals surface area contributed by atoms with Crippen LogP contribution in [-0.4, -0.2) is 39.8 Å². The van der Waals surface area contributed by atoms with Crippen LogP contribution in [0.4, 0.5) is 0 Å². The lowest BCUT2D eigenvalue weighted by Crippen LogP contribution is -2.41. The number of aliphatic hydroxyl groups is 1. The van der Waals surface area contributed by atoms with Gasteiger partial charge >= 0.3 is 7.12 Å². The van der Waals surface area contributed by atoms with E-state index >= 15 is 0 Å². The molecule has 1 aliphatic heterocycles. The lowest BCUT2D eigenvalue weighted by Gasteiger charge is -2.32. The van der Waals surface area contributed by atoms with Crippen LogP contribution in [0.15, 0.2) is 17.9 Å². The zero-order valence-electron chi connectivity index (χ0n) is 13.6. The fourth-order valence-corrected chi connectivity index (χ4v) is 2.20. The number of rotatable bonds is 5. The molecule has 0 aliphatic carbocycles. The number of aryl methyl sites for hydroxylation is 1. The van der Waals surface area contributed by atoms with Gasteiger partial charge in [0.05, 0.1) is 24.0 Å². The molecule has 1 saturated heterocycles. The fourth-order valence-electron chi connectivity index (χ4n) is 2.20. The van der Waals surface area contributed by atoms with Gasteiger partial charge in [-0.25, -0.2) is 0 Å². The van der Waals surface area contributed by atoms with Gasteiger partial charge in [-0.3, -0.25) is 4.68 Å². The summed E-state index contributed by atoms with van der Waals surface area (Å²) in [6.45, 7) is 10.9. The highest BCUT2D eigenvalue weighted by molar-refractivity contribution is 6.55. The molecule has 0 atom stereocenters.